The van der Waals surface area contributed by atoms with E-state index in [1.54, 1.807) is 12.1 Å². The number of hydrogen-bond donors (Lipinski definition) is 1. The molecule has 29 heavy (non-hydrogen) atoms. The maximum absolute atomic E-state index is 13.0. The van der Waals surface area contributed by atoms with Gasteiger partial charge in [-0.15, -0.1) is 0 Å². The average Bonchev–Trinajstić information content (AvgIpc) is 2.76. The van der Waals surface area contributed by atoms with Crippen LogP contribution in [0.5, 0.6) is 0 Å². The highest BCUT2D eigenvalue weighted by Crippen LogP contribution is 2.29. The quantitative estimate of drug-likeness (QED) is 0.254. The summed E-state index contributed by atoms with van der Waals surface area (Å²) in [6, 6.07) is 14.2. The first-order valence-electron chi connectivity index (χ1n) is 11.2. The van der Waals surface area contributed by atoms with Gasteiger partial charge in [0.2, 0.25) is 5.78 Å². The van der Waals surface area contributed by atoms with E-state index in [0.717, 1.165) is 37.7 Å². The highest BCUT2D eigenvalue weighted by atomic mass is 16.3. The molecule has 0 aliphatic heterocycles. The molecule has 156 valence electrons. The normalized spacial score (nSPS) is 12.0. The number of allylic oxidation sites excluding steroid dienone is 1. The summed E-state index contributed by atoms with van der Waals surface area (Å²) >= 11 is 0. The van der Waals surface area contributed by atoms with Crippen LogP contribution < -0.4 is 0 Å². The molecule has 0 saturated heterocycles. The highest BCUT2D eigenvalue weighted by molar-refractivity contribution is 6.09. The largest absolute Gasteiger partial charge is 0.504 e. The van der Waals surface area contributed by atoms with Gasteiger partial charge in [-0.05, 0) is 78.3 Å². The zero-order chi connectivity index (χ0) is 21.4. The number of benzene rings is 2. The second-order valence-electron chi connectivity index (χ2n) is 7.83. The summed E-state index contributed by atoms with van der Waals surface area (Å²) in [5, 5.41) is 10.7. The van der Waals surface area contributed by atoms with Crippen LogP contribution in [0, 0.1) is 0 Å². The number of ketones is 1. The number of Topliss-reactive ketones (excluding diaryl/α,β-unsaturated/α-hetero) is 1. The molecule has 1 N–H and O–H groups in total. The molecular weight excluding hydrogens is 356 g/mol. The molecule has 0 amide bonds. The Bertz CT molecular complexity index is 839. The van der Waals surface area contributed by atoms with Crippen molar-refractivity contribution in [1.82, 2.24) is 0 Å². The van der Waals surface area contributed by atoms with Gasteiger partial charge in [0.05, 0.1) is 0 Å². The lowest BCUT2D eigenvalue weighted by Gasteiger charge is -2.17. The summed E-state index contributed by atoms with van der Waals surface area (Å²) < 4.78 is 0. The lowest BCUT2D eigenvalue weighted by molar-refractivity contribution is 0.0980. The smallest absolute Gasteiger partial charge is 0.227 e. The molecule has 2 rings (SSSR count). The zero-order valence-electron chi connectivity index (χ0n) is 18.7. The Kier molecular flexibility index (Phi) is 8.70. The van der Waals surface area contributed by atoms with Crippen molar-refractivity contribution < 1.29 is 9.90 Å². The molecule has 0 saturated carbocycles. The summed E-state index contributed by atoms with van der Waals surface area (Å²) in [4.78, 5) is 13.0. The molecule has 2 aromatic rings. The molecule has 0 spiro atoms. The van der Waals surface area contributed by atoms with Crippen LogP contribution in [0.2, 0.25) is 0 Å². The number of carbonyl (C=O) groups is 1. The van der Waals surface area contributed by atoms with Crippen LogP contribution in [-0.4, -0.2) is 10.9 Å². The van der Waals surface area contributed by atoms with Crippen LogP contribution in [0.15, 0.2) is 48.2 Å². The van der Waals surface area contributed by atoms with Gasteiger partial charge in [-0.25, -0.2) is 0 Å². The highest BCUT2D eigenvalue weighted by Gasteiger charge is 2.17. The van der Waals surface area contributed by atoms with E-state index in [9.17, 15) is 9.90 Å². The van der Waals surface area contributed by atoms with E-state index < -0.39 is 0 Å². The lowest BCUT2D eigenvalue weighted by atomic mass is 9.88. The number of aryl methyl sites for hydroxylation is 1. The Morgan fingerprint density at radius 2 is 1.55 bits per heavy atom. The summed E-state index contributed by atoms with van der Waals surface area (Å²) in [6.07, 6.45) is 6.75. The van der Waals surface area contributed by atoms with Crippen LogP contribution in [0.25, 0.3) is 6.08 Å². The molecule has 2 aromatic carbocycles. The SMILES string of the molecule is CCc1ccc(C(CC)CC)c(C=C(O)C(=O)c2cccc(C(CC)CC)c2)c1. The van der Waals surface area contributed by atoms with Gasteiger partial charge in [0, 0.05) is 5.56 Å². The first-order valence-corrected chi connectivity index (χ1v) is 11.2. The zero-order valence-corrected chi connectivity index (χ0v) is 18.7. The number of rotatable bonds is 10. The monoisotopic (exact) mass is 392 g/mol. The molecule has 2 heteroatoms. The molecule has 2 nitrogen and oxygen atoms in total. The van der Waals surface area contributed by atoms with E-state index >= 15 is 0 Å². The fourth-order valence-electron chi connectivity index (χ4n) is 4.12. The second-order valence-corrected chi connectivity index (χ2v) is 7.83. The predicted octanol–water partition coefficient (Wildman–Crippen LogP) is 7.84. The van der Waals surface area contributed by atoms with Gasteiger partial charge < -0.3 is 5.11 Å². The molecule has 0 bridgehead atoms. The van der Waals surface area contributed by atoms with E-state index in [1.165, 1.54) is 16.7 Å². The van der Waals surface area contributed by atoms with Gasteiger partial charge in [0.1, 0.15) is 0 Å². The van der Waals surface area contributed by atoms with E-state index in [1.807, 2.05) is 12.1 Å². The van der Waals surface area contributed by atoms with E-state index in [0.29, 0.717) is 17.4 Å². The summed E-state index contributed by atoms with van der Waals surface area (Å²) in [5.74, 6) is 0.368. The van der Waals surface area contributed by atoms with Gasteiger partial charge in [0.25, 0.3) is 0 Å². The maximum atomic E-state index is 13.0. The molecule has 0 unspecified atom stereocenters. The van der Waals surface area contributed by atoms with Gasteiger partial charge in [0.15, 0.2) is 5.76 Å². The second kappa shape index (κ2) is 11.0. The number of aliphatic hydroxyl groups excluding tert-OH is 1. The molecule has 0 fully saturated rings. The summed E-state index contributed by atoms with van der Waals surface area (Å²) in [7, 11) is 0. The van der Waals surface area contributed by atoms with Crippen LogP contribution >= 0.6 is 0 Å². The average molecular weight is 393 g/mol. The maximum Gasteiger partial charge on any atom is 0.227 e. The molecule has 0 aliphatic rings. The number of hydrogen-bond acceptors (Lipinski definition) is 2. The van der Waals surface area contributed by atoms with Crippen molar-refractivity contribution in [2.75, 3.05) is 0 Å². The molecule has 0 atom stereocenters. The van der Waals surface area contributed by atoms with Crippen molar-refractivity contribution in [2.24, 2.45) is 0 Å². The fraction of sp³-hybridized carbons (Fsp3) is 0.444. The van der Waals surface area contributed by atoms with Crippen LogP contribution in [-0.2, 0) is 6.42 Å². The Morgan fingerprint density at radius 1 is 0.897 bits per heavy atom. The Morgan fingerprint density at radius 3 is 2.14 bits per heavy atom. The minimum absolute atomic E-state index is 0.188. The van der Waals surface area contributed by atoms with Gasteiger partial charge in [-0.1, -0.05) is 71.0 Å². The van der Waals surface area contributed by atoms with Crippen LogP contribution in [0.1, 0.15) is 105 Å². The Balaban J connectivity index is 2.42. The third-order valence-corrected chi connectivity index (χ3v) is 6.12. The van der Waals surface area contributed by atoms with Crippen molar-refractivity contribution in [1.29, 1.82) is 0 Å². The lowest BCUT2D eigenvalue weighted by Crippen LogP contribution is -2.06. The third kappa shape index (κ3) is 5.59. The molecule has 0 heterocycles. The van der Waals surface area contributed by atoms with Crippen molar-refractivity contribution >= 4 is 11.9 Å². The molecule has 0 aliphatic carbocycles. The predicted molar refractivity (Wildman–Crippen MR) is 124 cm³/mol. The number of carbonyl (C=O) groups excluding carboxylic acids is 1. The first-order chi connectivity index (χ1) is 14.0. The van der Waals surface area contributed by atoms with Gasteiger partial charge in [-0.3, -0.25) is 4.79 Å². The molecule has 0 aromatic heterocycles. The molecular formula is C27H36O2. The van der Waals surface area contributed by atoms with Gasteiger partial charge >= 0.3 is 0 Å². The minimum atomic E-state index is -0.310. The first kappa shape index (κ1) is 22.9. The number of aliphatic hydroxyl groups is 1. The minimum Gasteiger partial charge on any atom is -0.504 e. The summed E-state index contributed by atoms with van der Waals surface area (Å²) in [5.41, 5.74) is 5.09. The molecule has 0 radical (unpaired) electrons. The van der Waals surface area contributed by atoms with Crippen molar-refractivity contribution in [3.8, 4) is 0 Å². The third-order valence-electron chi connectivity index (χ3n) is 6.12. The fourth-order valence-corrected chi connectivity index (χ4v) is 4.12. The topological polar surface area (TPSA) is 37.3 Å². The van der Waals surface area contributed by atoms with E-state index in [4.69, 9.17) is 0 Å². The van der Waals surface area contributed by atoms with E-state index in [-0.39, 0.29) is 11.5 Å². The van der Waals surface area contributed by atoms with Crippen LogP contribution in [0.4, 0.5) is 0 Å². The van der Waals surface area contributed by atoms with Gasteiger partial charge in [-0.2, -0.15) is 0 Å². The van der Waals surface area contributed by atoms with E-state index in [2.05, 4.69) is 58.9 Å². The summed E-state index contributed by atoms with van der Waals surface area (Å²) in [6.45, 7) is 10.8. The van der Waals surface area contributed by atoms with Crippen molar-refractivity contribution in [3.05, 3.63) is 76.0 Å². The van der Waals surface area contributed by atoms with Crippen LogP contribution in [0.3, 0.4) is 0 Å². The van der Waals surface area contributed by atoms with Crippen molar-refractivity contribution in [2.45, 2.75) is 78.6 Å². The Labute approximate surface area is 176 Å². The van der Waals surface area contributed by atoms with Crippen molar-refractivity contribution in [3.63, 3.8) is 0 Å². The Hall–Kier alpha value is -2.35. The standard InChI is InChI=1S/C27H36O2/c1-6-19-14-15-25(21(9-4)10-5)24(16-19)18-26(28)27(29)23-13-11-12-22(17-23)20(7-2)8-3/h11-18,20-21,28H,6-10H2,1-5H3.